The summed E-state index contributed by atoms with van der Waals surface area (Å²) in [5.74, 6) is -0.648. The molecule has 0 radical (unpaired) electrons. The summed E-state index contributed by atoms with van der Waals surface area (Å²) >= 11 is 0. The van der Waals surface area contributed by atoms with Crippen molar-refractivity contribution in [1.82, 2.24) is 19.6 Å². The van der Waals surface area contributed by atoms with Crippen LogP contribution in [0.3, 0.4) is 0 Å². The fraction of sp³-hybridized carbons (Fsp3) is 0.200. The number of fused-ring (bicyclic) bond motifs is 1. The summed E-state index contributed by atoms with van der Waals surface area (Å²) in [6.07, 6.45) is 4.94. The highest BCUT2D eigenvalue weighted by molar-refractivity contribution is 5.92. The van der Waals surface area contributed by atoms with Gasteiger partial charge in [0, 0.05) is 11.6 Å². The second kappa shape index (κ2) is 4.43. The lowest BCUT2D eigenvalue weighted by Gasteiger charge is -2.02. The van der Waals surface area contributed by atoms with E-state index in [0.717, 1.165) is 23.7 Å². The van der Waals surface area contributed by atoms with Gasteiger partial charge in [-0.15, -0.1) is 0 Å². The molecule has 1 fully saturated rings. The van der Waals surface area contributed by atoms with Crippen LogP contribution in [-0.4, -0.2) is 30.6 Å². The molecule has 0 unspecified atom stereocenters. The van der Waals surface area contributed by atoms with E-state index < -0.39 is 5.97 Å². The maximum absolute atomic E-state index is 10.9. The Labute approximate surface area is 125 Å². The van der Waals surface area contributed by atoms with Crippen molar-refractivity contribution < 1.29 is 9.90 Å². The Morgan fingerprint density at radius 2 is 2.23 bits per heavy atom. The summed E-state index contributed by atoms with van der Waals surface area (Å²) in [4.78, 5) is 14.4. The molecule has 22 heavy (non-hydrogen) atoms. The van der Waals surface area contributed by atoms with Gasteiger partial charge in [-0.1, -0.05) is 6.57 Å². The van der Waals surface area contributed by atoms with Gasteiger partial charge in [-0.05, 0) is 36.1 Å². The molecule has 7 nitrogen and oxygen atoms in total. The first-order valence-electron chi connectivity index (χ1n) is 6.85. The third-order valence-corrected chi connectivity index (χ3v) is 3.76. The molecule has 7 heteroatoms. The van der Waals surface area contributed by atoms with Crippen LogP contribution in [0, 0.1) is 6.57 Å². The van der Waals surface area contributed by atoms with E-state index in [1.54, 1.807) is 0 Å². The Morgan fingerprint density at radius 3 is 2.86 bits per heavy atom. The zero-order chi connectivity index (χ0) is 15.3. The van der Waals surface area contributed by atoms with Crippen molar-refractivity contribution >= 4 is 22.7 Å². The molecule has 0 amide bonds. The number of nitrogens with zero attached hydrogens (tertiary/aromatic N) is 5. The van der Waals surface area contributed by atoms with Gasteiger partial charge in [0.05, 0.1) is 29.0 Å². The molecule has 0 bridgehead atoms. The highest BCUT2D eigenvalue weighted by atomic mass is 16.4. The molecule has 0 aliphatic heterocycles. The number of carboxylic acids is 1. The number of hydrogen-bond acceptors (Lipinski definition) is 3. The lowest BCUT2D eigenvalue weighted by atomic mass is 10.2. The molecule has 1 aliphatic rings. The van der Waals surface area contributed by atoms with E-state index in [1.165, 1.54) is 17.1 Å². The molecule has 1 aromatic carbocycles. The van der Waals surface area contributed by atoms with Crippen LogP contribution in [-0.2, 0) is 0 Å². The number of hydrogen-bond donors (Lipinski definition) is 1. The lowest BCUT2D eigenvalue weighted by molar-refractivity contribution is 0.0697. The summed E-state index contributed by atoms with van der Waals surface area (Å²) in [5, 5.41) is 18.2. The molecule has 3 aromatic rings. The van der Waals surface area contributed by atoms with Gasteiger partial charge in [-0.25, -0.2) is 9.48 Å². The first-order chi connectivity index (χ1) is 10.7. The third-order valence-electron chi connectivity index (χ3n) is 3.76. The summed E-state index contributed by atoms with van der Waals surface area (Å²) < 4.78 is 3.41. The normalized spacial score (nSPS) is 14.1. The van der Waals surface area contributed by atoms with Crippen LogP contribution >= 0.6 is 0 Å². The molecule has 1 saturated carbocycles. The first-order valence-corrected chi connectivity index (χ1v) is 6.85. The molecule has 0 spiro atoms. The SMILES string of the molecule is [C-]#[N+]c1nn(C2CC2)c2ccc(-n3cc(C(=O)O)cn3)cc12. The molecular weight excluding hydrogens is 282 g/mol. The van der Waals surface area contributed by atoms with Gasteiger partial charge in [-0.2, -0.15) is 9.78 Å². The van der Waals surface area contributed by atoms with E-state index in [-0.39, 0.29) is 5.56 Å². The van der Waals surface area contributed by atoms with Crippen LogP contribution < -0.4 is 0 Å². The van der Waals surface area contributed by atoms with Crippen LogP contribution in [0.1, 0.15) is 29.2 Å². The lowest BCUT2D eigenvalue weighted by Crippen LogP contribution is -1.97. The van der Waals surface area contributed by atoms with Gasteiger partial charge >= 0.3 is 11.8 Å². The Hall–Kier alpha value is -3.14. The van der Waals surface area contributed by atoms with E-state index in [4.69, 9.17) is 11.7 Å². The van der Waals surface area contributed by atoms with Gasteiger partial charge < -0.3 is 9.95 Å². The van der Waals surface area contributed by atoms with Gasteiger partial charge in [0.15, 0.2) is 0 Å². The Kier molecular flexibility index (Phi) is 2.53. The van der Waals surface area contributed by atoms with E-state index in [2.05, 4.69) is 15.0 Å². The summed E-state index contributed by atoms with van der Waals surface area (Å²) in [5.41, 5.74) is 1.77. The maximum atomic E-state index is 10.9. The number of rotatable bonds is 3. The predicted molar refractivity (Wildman–Crippen MR) is 78.3 cm³/mol. The minimum Gasteiger partial charge on any atom is -0.478 e. The van der Waals surface area contributed by atoms with E-state index in [1.807, 2.05) is 22.9 Å². The van der Waals surface area contributed by atoms with Gasteiger partial charge in [-0.3, -0.25) is 0 Å². The molecule has 1 N–H and O–H groups in total. The van der Waals surface area contributed by atoms with Crippen molar-refractivity contribution in [2.45, 2.75) is 18.9 Å². The van der Waals surface area contributed by atoms with E-state index in [0.29, 0.717) is 17.5 Å². The second-order valence-electron chi connectivity index (χ2n) is 5.29. The van der Waals surface area contributed by atoms with Crippen molar-refractivity contribution in [3.63, 3.8) is 0 Å². The molecule has 108 valence electrons. The van der Waals surface area contributed by atoms with Gasteiger partial charge in [0.25, 0.3) is 0 Å². The highest BCUT2D eigenvalue weighted by Crippen LogP contribution is 2.39. The number of aromatic carboxylic acids is 1. The fourth-order valence-corrected chi connectivity index (χ4v) is 2.51. The Balaban J connectivity index is 1.86. The van der Waals surface area contributed by atoms with Crippen LogP contribution in [0.2, 0.25) is 0 Å². The molecule has 1 aliphatic carbocycles. The van der Waals surface area contributed by atoms with Gasteiger partial charge in [0.2, 0.25) is 0 Å². The minimum atomic E-state index is -1.02. The van der Waals surface area contributed by atoms with Crippen molar-refractivity contribution in [3.05, 3.63) is 47.6 Å². The van der Waals surface area contributed by atoms with Gasteiger partial charge in [0.1, 0.15) is 0 Å². The topological polar surface area (TPSA) is 77.3 Å². The summed E-state index contributed by atoms with van der Waals surface area (Å²) in [7, 11) is 0. The molecule has 4 rings (SSSR count). The molecule has 2 heterocycles. The van der Waals surface area contributed by atoms with E-state index in [9.17, 15) is 4.79 Å². The maximum Gasteiger partial charge on any atom is 0.338 e. The van der Waals surface area contributed by atoms with Crippen molar-refractivity contribution in [2.24, 2.45) is 0 Å². The Bertz CT molecular complexity index is 943. The second-order valence-corrected chi connectivity index (χ2v) is 5.29. The van der Waals surface area contributed by atoms with Crippen LogP contribution in [0.4, 0.5) is 5.82 Å². The quantitative estimate of drug-likeness (QED) is 0.753. The molecular formula is C15H11N5O2. The Morgan fingerprint density at radius 1 is 1.41 bits per heavy atom. The zero-order valence-electron chi connectivity index (χ0n) is 11.5. The number of benzene rings is 1. The first kappa shape index (κ1) is 12.6. The predicted octanol–water partition coefficient (Wildman–Crippen LogP) is 2.81. The van der Waals surface area contributed by atoms with Crippen LogP contribution in [0.25, 0.3) is 21.4 Å². The monoisotopic (exact) mass is 293 g/mol. The fourth-order valence-electron chi connectivity index (χ4n) is 2.51. The largest absolute Gasteiger partial charge is 0.478 e. The smallest absolute Gasteiger partial charge is 0.338 e. The molecule has 0 saturated heterocycles. The number of carbonyl (C=O) groups is 1. The highest BCUT2D eigenvalue weighted by Gasteiger charge is 2.29. The van der Waals surface area contributed by atoms with Crippen LogP contribution in [0.15, 0.2) is 30.6 Å². The van der Waals surface area contributed by atoms with Crippen molar-refractivity contribution in [1.29, 1.82) is 0 Å². The standard InChI is InChI=1S/C15H11N5O2/c1-16-14-12-6-11(19-8-9(7-17-19)15(21)22)4-5-13(12)20(18-14)10-2-3-10/h4-8,10H,2-3H2,(H,21,22). The average Bonchev–Trinajstić information content (AvgIpc) is 3.12. The van der Waals surface area contributed by atoms with E-state index >= 15 is 0 Å². The number of carboxylic acid groups (broad SMARTS) is 1. The minimum absolute atomic E-state index is 0.124. The summed E-state index contributed by atoms with van der Waals surface area (Å²) in [6, 6.07) is 5.99. The van der Waals surface area contributed by atoms with Crippen molar-refractivity contribution in [3.8, 4) is 5.69 Å². The third kappa shape index (κ3) is 1.85. The average molecular weight is 293 g/mol. The molecule has 0 atom stereocenters. The van der Waals surface area contributed by atoms with Crippen LogP contribution in [0.5, 0.6) is 0 Å². The summed E-state index contributed by atoms with van der Waals surface area (Å²) in [6.45, 7) is 7.28. The number of aromatic nitrogens is 4. The molecule has 2 aromatic heterocycles. The zero-order valence-corrected chi connectivity index (χ0v) is 11.5. The van der Waals surface area contributed by atoms with Crippen molar-refractivity contribution in [2.75, 3.05) is 0 Å².